The van der Waals surface area contributed by atoms with Crippen molar-refractivity contribution in [2.24, 2.45) is 0 Å². The number of rotatable bonds is 2. The summed E-state index contributed by atoms with van der Waals surface area (Å²) in [6.07, 6.45) is -4.30. The van der Waals surface area contributed by atoms with Crippen LogP contribution in [0, 0.1) is 11.3 Å². The van der Waals surface area contributed by atoms with Gasteiger partial charge in [-0.25, -0.2) is 0 Å². The molecule has 0 saturated carbocycles. The second kappa shape index (κ2) is 4.04. The summed E-state index contributed by atoms with van der Waals surface area (Å²) >= 11 is 0. The van der Waals surface area contributed by atoms with Crippen LogP contribution in [-0.2, 0) is 6.42 Å². The van der Waals surface area contributed by atoms with E-state index in [0.717, 1.165) is 12.3 Å². The number of H-pyrrole nitrogens is 1. The van der Waals surface area contributed by atoms with Crippen LogP contribution in [0.15, 0.2) is 17.1 Å². The zero-order valence-corrected chi connectivity index (χ0v) is 7.26. The highest BCUT2D eigenvalue weighted by atomic mass is 19.4. The third-order valence-electron chi connectivity index (χ3n) is 1.50. The monoisotopic (exact) mass is 218 g/mol. The van der Waals surface area contributed by atoms with Crippen molar-refractivity contribution < 1.29 is 17.9 Å². The van der Waals surface area contributed by atoms with Crippen molar-refractivity contribution in [3.8, 4) is 11.8 Å². The van der Waals surface area contributed by atoms with Gasteiger partial charge in [0.2, 0.25) is 0 Å². The van der Waals surface area contributed by atoms with Crippen LogP contribution in [0.2, 0.25) is 0 Å². The Labute approximate surface area is 81.9 Å². The number of ether oxygens (including phenoxy) is 1. The lowest BCUT2D eigenvalue weighted by molar-refractivity contribution is -0.274. The smallest absolute Gasteiger partial charge is 0.405 e. The molecule has 0 unspecified atom stereocenters. The molecule has 0 aliphatic rings. The van der Waals surface area contributed by atoms with Gasteiger partial charge >= 0.3 is 6.36 Å². The molecule has 7 heteroatoms. The zero-order valence-electron chi connectivity index (χ0n) is 7.26. The van der Waals surface area contributed by atoms with Crippen LogP contribution in [0.4, 0.5) is 13.2 Å². The average Bonchev–Trinajstić information content (AvgIpc) is 2.08. The number of aromatic amines is 1. The summed E-state index contributed by atoms with van der Waals surface area (Å²) in [5.41, 5.74) is -1.10. The predicted molar refractivity (Wildman–Crippen MR) is 43.1 cm³/mol. The van der Waals surface area contributed by atoms with E-state index in [9.17, 15) is 18.0 Å². The summed E-state index contributed by atoms with van der Waals surface area (Å²) < 4.78 is 39.2. The Hall–Kier alpha value is -1.97. The van der Waals surface area contributed by atoms with E-state index in [1.54, 1.807) is 6.07 Å². The van der Waals surface area contributed by atoms with Gasteiger partial charge in [0.05, 0.1) is 18.1 Å². The summed E-state index contributed by atoms with van der Waals surface area (Å²) in [5.74, 6) is -0.646. The van der Waals surface area contributed by atoms with Crippen LogP contribution >= 0.6 is 0 Å². The molecule has 0 spiro atoms. The van der Waals surface area contributed by atoms with Crippen LogP contribution in [-0.4, -0.2) is 11.3 Å². The summed E-state index contributed by atoms with van der Waals surface area (Å²) in [6, 6.07) is 2.53. The molecule has 15 heavy (non-hydrogen) atoms. The first-order chi connectivity index (χ1) is 6.94. The minimum absolute atomic E-state index is 0.336. The number of pyridine rings is 1. The second-order valence-corrected chi connectivity index (χ2v) is 2.53. The molecule has 0 fully saturated rings. The van der Waals surface area contributed by atoms with E-state index >= 15 is 0 Å². The Morgan fingerprint density at radius 2 is 2.20 bits per heavy atom. The van der Waals surface area contributed by atoms with Gasteiger partial charge in [0.25, 0.3) is 5.56 Å². The number of nitrogens with zero attached hydrogens (tertiary/aromatic N) is 1. The quantitative estimate of drug-likeness (QED) is 0.814. The normalized spacial score (nSPS) is 10.8. The third-order valence-corrected chi connectivity index (χ3v) is 1.50. The summed E-state index contributed by atoms with van der Waals surface area (Å²) in [7, 11) is 0. The molecule has 0 amide bonds. The van der Waals surface area contributed by atoms with E-state index in [2.05, 4.69) is 9.72 Å². The molecule has 0 aromatic carbocycles. The Morgan fingerprint density at radius 3 is 2.73 bits per heavy atom. The average molecular weight is 218 g/mol. The first-order valence-electron chi connectivity index (χ1n) is 3.77. The SMILES string of the molecule is N#CCc1c(OC(F)(F)F)cc[nH]c1=O. The van der Waals surface area contributed by atoms with Crippen LogP contribution in [0.1, 0.15) is 5.56 Å². The lowest BCUT2D eigenvalue weighted by Gasteiger charge is -2.10. The molecule has 4 nitrogen and oxygen atoms in total. The molecule has 1 rings (SSSR count). The highest BCUT2D eigenvalue weighted by Gasteiger charge is 2.32. The minimum atomic E-state index is -4.88. The first kappa shape index (κ1) is 11.1. The summed E-state index contributed by atoms with van der Waals surface area (Å²) in [4.78, 5) is 13.2. The van der Waals surface area contributed by atoms with Crippen molar-refractivity contribution in [2.75, 3.05) is 0 Å². The molecule has 0 saturated heterocycles. The van der Waals surface area contributed by atoms with Crippen LogP contribution in [0.25, 0.3) is 0 Å². The van der Waals surface area contributed by atoms with Crippen molar-refractivity contribution in [1.82, 2.24) is 4.98 Å². The van der Waals surface area contributed by atoms with Crippen molar-refractivity contribution >= 4 is 0 Å². The minimum Gasteiger partial charge on any atom is -0.405 e. The van der Waals surface area contributed by atoms with Crippen LogP contribution in [0.3, 0.4) is 0 Å². The Balaban J connectivity index is 3.13. The number of nitrogens with one attached hydrogen (secondary N) is 1. The van der Waals surface area contributed by atoms with Gasteiger partial charge in [0.1, 0.15) is 5.75 Å². The summed E-state index contributed by atoms with van der Waals surface area (Å²) in [6.45, 7) is 0. The standard InChI is InChI=1S/C8H5F3N2O2/c9-8(10,11)15-6-2-4-13-7(14)5(6)1-3-12/h2,4H,1H2,(H,13,14). The number of hydrogen-bond acceptors (Lipinski definition) is 3. The predicted octanol–water partition coefficient (Wildman–Crippen LogP) is 1.34. The van der Waals surface area contributed by atoms with Crippen molar-refractivity contribution in [2.45, 2.75) is 12.8 Å². The largest absolute Gasteiger partial charge is 0.573 e. The van der Waals surface area contributed by atoms with Crippen LogP contribution in [0.5, 0.6) is 5.75 Å². The van der Waals surface area contributed by atoms with Crippen LogP contribution < -0.4 is 10.3 Å². The molecule has 80 valence electrons. The van der Waals surface area contributed by atoms with Gasteiger partial charge < -0.3 is 9.72 Å². The van der Waals surface area contributed by atoms with Gasteiger partial charge in [-0.3, -0.25) is 4.79 Å². The summed E-state index contributed by atoms with van der Waals surface area (Å²) in [5, 5.41) is 8.33. The molecule has 0 aliphatic heterocycles. The molecular formula is C8H5F3N2O2. The molecule has 0 bridgehead atoms. The maximum atomic E-state index is 11.9. The Bertz CT molecular complexity index is 444. The number of halogens is 3. The fourth-order valence-electron chi connectivity index (χ4n) is 0.959. The fourth-order valence-corrected chi connectivity index (χ4v) is 0.959. The molecule has 1 N–H and O–H groups in total. The molecule has 0 aliphatic carbocycles. The van der Waals surface area contributed by atoms with Crippen molar-refractivity contribution in [3.63, 3.8) is 0 Å². The Morgan fingerprint density at radius 1 is 1.53 bits per heavy atom. The first-order valence-corrected chi connectivity index (χ1v) is 3.77. The van der Waals surface area contributed by atoms with E-state index in [1.165, 1.54) is 0 Å². The highest BCUT2D eigenvalue weighted by molar-refractivity contribution is 5.32. The molecule has 1 heterocycles. The topological polar surface area (TPSA) is 65.9 Å². The van der Waals surface area contributed by atoms with E-state index in [1.807, 2.05) is 0 Å². The number of aromatic nitrogens is 1. The maximum Gasteiger partial charge on any atom is 0.573 e. The third kappa shape index (κ3) is 3.02. The second-order valence-electron chi connectivity index (χ2n) is 2.53. The maximum absolute atomic E-state index is 11.9. The fraction of sp³-hybridized carbons (Fsp3) is 0.250. The molecule has 0 atom stereocenters. The zero-order chi connectivity index (χ0) is 11.5. The lowest BCUT2D eigenvalue weighted by atomic mass is 10.2. The van der Waals surface area contributed by atoms with E-state index < -0.39 is 24.1 Å². The molecule has 1 aromatic heterocycles. The molecular weight excluding hydrogens is 213 g/mol. The van der Waals surface area contributed by atoms with Gasteiger partial charge in [-0.15, -0.1) is 13.2 Å². The van der Waals surface area contributed by atoms with Gasteiger partial charge in [-0.1, -0.05) is 0 Å². The van der Waals surface area contributed by atoms with Crippen molar-refractivity contribution in [1.29, 1.82) is 5.26 Å². The van der Waals surface area contributed by atoms with Crippen molar-refractivity contribution in [3.05, 3.63) is 28.2 Å². The number of alkyl halides is 3. The van der Waals surface area contributed by atoms with Gasteiger partial charge in [-0.05, 0) is 6.07 Å². The van der Waals surface area contributed by atoms with E-state index in [-0.39, 0.29) is 5.56 Å². The van der Waals surface area contributed by atoms with E-state index in [0.29, 0.717) is 0 Å². The highest BCUT2D eigenvalue weighted by Crippen LogP contribution is 2.23. The molecule has 0 radical (unpaired) electrons. The Kier molecular flexibility index (Phi) is 2.99. The number of nitriles is 1. The lowest BCUT2D eigenvalue weighted by Crippen LogP contribution is -2.21. The van der Waals surface area contributed by atoms with Gasteiger partial charge in [0, 0.05) is 6.20 Å². The molecule has 1 aromatic rings. The van der Waals surface area contributed by atoms with Gasteiger partial charge in [-0.2, -0.15) is 5.26 Å². The van der Waals surface area contributed by atoms with Gasteiger partial charge in [0.15, 0.2) is 0 Å². The van der Waals surface area contributed by atoms with E-state index in [4.69, 9.17) is 5.26 Å². The number of hydrogen-bond donors (Lipinski definition) is 1.